The Balaban J connectivity index is 1.76. The number of aromatic nitrogens is 1. The number of aryl methyl sites for hydroxylation is 2. The van der Waals surface area contributed by atoms with E-state index in [0.29, 0.717) is 24.0 Å². The molecule has 0 aliphatic rings. The summed E-state index contributed by atoms with van der Waals surface area (Å²) in [4.78, 5) is 27.5. The SMILES string of the molecule is CCOC(=O)Cc1csc(NC(=O)COCc2ccc(C)cc2C)n1. The summed E-state index contributed by atoms with van der Waals surface area (Å²) in [6.07, 6.45) is 0.101. The molecule has 0 spiro atoms. The Hall–Kier alpha value is -2.25. The van der Waals surface area contributed by atoms with Crippen molar-refractivity contribution in [2.45, 2.75) is 33.8 Å². The first-order valence-electron chi connectivity index (χ1n) is 8.01. The summed E-state index contributed by atoms with van der Waals surface area (Å²) >= 11 is 1.27. The smallest absolute Gasteiger partial charge is 0.311 e. The average Bonchev–Trinajstić information content (AvgIpc) is 2.96. The second-order valence-corrected chi connectivity index (χ2v) is 6.45. The number of carbonyl (C=O) groups excluding carboxylic acids is 2. The number of nitrogens with one attached hydrogen (secondary N) is 1. The van der Waals surface area contributed by atoms with Gasteiger partial charge in [0.1, 0.15) is 6.61 Å². The Morgan fingerprint density at radius 1 is 1.28 bits per heavy atom. The number of carbonyl (C=O) groups is 2. The molecule has 1 aromatic heterocycles. The zero-order chi connectivity index (χ0) is 18.2. The van der Waals surface area contributed by atoms with Gasteiger partial charge in [0.15, 0.2) is 5.13 Å². The van der Waals surface area contributed by atoms with E-state index >= 15 is 0 Å². The molecule has 1 N–H and O–H groups in total. The molecule has 0 saturated heterocycles. The van der Waals surface area contributed by atoms with Gasteiger partial charge in [-0.1, -0.05) is 23.8 Å². The van der Waals surface area contributed by atoms with Crippen LogP contribution in [-0.4, -0.2) is 30.1 Å². The van der Waals surface area contributed by atoms with Crippen LogP contribution in [0.4, 0.5) is 5.13 Å². The molecule has 2 rings (SSSR count). The molecule has 0 radical (unpaired) electrons. The molecule has 0 bridgehead atoms. The monoisotopic (exact) mass is 362 g/mol. The maximum atomic E-state index is 11.9. The van der Waals surface area contributed by atoms with Gasteiger partial charge in [-0.15, -0.1) is 11.3 Å². The molecule has 1 amide bonds. The van der Waals surface area contributed by atoms with E-state index in [0.717, 1.165) is 11.1 Å². The molecule has 0 aliphatic heterocycles. The van der Waals surface area contributed by atoms with Crippen LogP contribution in [-0.2, 0) is 32.1 Å². The van der Waals surface area contributed by atoms with Crippen molar-refractivity contribution in [3.05, 3.63) is 46.0 Å². The first-order chi connectivity index (χ1) is 12.0. The summed E-state index contributed by atoms with van der Waals surface area (Å²) in [5.74, 6) is -0.607. The van der Waals surface area contributed by atoms with Gasteiger partial charge in [-0.2, -0.15) is 0 Å². The van der Waals surface area contributed by atoms with Crippen LogP contribution in [0.3, 0.4) is 0 Å². The lowest BCUT2D eigenvalue weighted by Crippen LogP contribution is -2.18. The van der Waals surface area contributed by atoms with Crippen LogP contribution >= 0.6 is 11.3 Å². The van der Waals surface area contributed by atoms with Crippen molar-refractivity contribution in [2.75, 3.05) is 18.5 Å². The second kappa shape index (κ2) is 9.29. The van der Waals surface area contributed by atoms with E-state index in [-0.39, 0.29) is 24.9 Å². The number of hydrogen-bond donors (Lipinski definition) is 1. The highest BCUT2D eigenvalue weighted by Crippen LogP contribution is 2.16. The minimum Gasteiger partial charge on any atom is -0.466 e. The summed E-state index contributed by atoms with van der Waals surface area (Å²) in [5.41, 5.74) is 3.98. The van der Waals surface area contributed by atoms with Crippen LogP contribution in [0, 0.1) is 13.8 Å². The lowest BCUT2D eigenvalue weighted by atomic mass is 10.1. The summed E-state index contributed by atoms with van der Waals surface area (Å²) in [5, 5.41) is 4.84. The van der Waals surface area contributed by atoms with Crippen molar-refractivity contribution in [3.8, 4) is 0 Å². The molecule has 2 aromatic rings. The average molecular weight is 362 g/mol. The second-order valence-electron chi connectivity index (χ2n) is 5.60. The van der Waals surface area contributed by atoms with E-state index in [4.69, 9.17) is 9.47 Å². The number of amides is 1. The largest absolute Gasteiger partial charge is 0.466 e. The summed E-state index contributed by atoms with van der Waals surface area (Å²) in [6.45, 7) is 6.47. The quantitative estimate of drug-likeness (QED) is 0.731. The fraction of sp³-hybridized carbons (Fsp3) is 0.389. The maximum Gasteiger partial charge on any atom is 0.311 e. The van der Waals surface area contributed by atoms with Gasteiger partial charge < -0.3 is 9.47 Å². The zero-order valence-electron chi connectivity index (χ0n) is 14.6. The van der Waals surface area contributed by atoms with Crippen LogP contribution in [0.1, 0.15) is 29.3 Å². The van der Waals surface area contributed by atoms with E-state index in [9.17, 15) is 9.59 Å². The van der Waals surface area contributed by atoms with Crippen molar-refractivity contribution in [1.82, 2.24) is 4.98 Å². The molecule has 1 heterocycles. The van der Waals surface area contributed by atoms with Gasteiger partial charge in [-0.3, -0.25) is 14.9 Å². The summed E-state index contributed by atoms with van der Waals surface area (Å²) in [7, 11) is 0. The Morgan fingerprint density at radius 2 is 2.08 bits per heavy atom. The van der Waals surface area contributed by atoms with Crippen molar-refractivity contribution >= 4 is 28.3 Å². The number of thiazole rings is 1. The number of nitrogens with zero attached hydrogens (tertiary/aromatic N) is 1. The molecule has 7 heteroatoms. The lowest BCUT2D eigenvalue weighted by molar-refractivity contribution is -0.142. The lowest BCUT2D eigenvalue weighted by Gasteiger charge is -2.08. The van der Waals surface area contributed by atoms with Gasteiger partial charge >= 0.3 is 5.97 Å². The molecule has 0 fully saturated rings. The van der Waals surface area contributed by atoms with E-state index in [2.05, 4.69) is 16.4 Å². The number of anilines is 1. The van der Waals surface area contributed by atoms with Gasteiger partial charge in [0.05, 0.1) is 25.3 Å². The Morgan fingerprint density at radius 3 is 2.80 bits per heavy atom. The fourth-order valence-electron chi connectivity index (χ4n) is 2.22. The third kappa shape index (κ3) is 6.28. The van der Waals surface area contributed by atoms with Crippen LogP contribution in [0.2, 0.25) is 0 Å². The van der Waals surface area contributed by atoms with E-state index < -0.39 is 0 Å². The van der Waals surface area contributed by atoms with E-state index in [1.807, 2.05) is 26.0 Å². The predicted octanol–water partition coefficient (Wildman–Crippen LogP) is 3.02. The molecule has 0 atom stereocenters. The number of ether oxygens (including phenoxy) is 2. The molecular weight excluding hydrogens is 340 g/mol. The van der Waals surface area contributed by atoms with E-state index in [1.54, 1.807) is 12.3 Å². The Kier molecular flexibility index (Phi) is 7.09. The molecular formula is C18H22N2O4S. The Bertz CT molecular complexity index is 742. The number of rotatable bonds is 8. The van der Waals surface area contributed by atoms with Crippen LogP contribution in [0.25, 0.3) is 0 Å². The van der Waals surface area contributed by atoms with Gasteiger partial charge in [0.25, 0.3) is 5.91 Å². The van der Waals surface area contributed by atoms with Crippen molar-refractivity contribution in [3.63, 3.8) is 0 Å². The van der Waals surface area contributed by atoms with Gasteiger partial charge in [-0.05, 0) is 31.9 Å². The highest BCUT2D eigenvalue weighted by molar-refractivity contribution is 7.13. The van der Waals surface area contributed by atoms with Crippen molar-refractivity contribution in [1.29, 1.82) is 0 Å². The Labute approximate surface area is 151 Å². The highest BCUT2D eigenvalue weighted by Gasteiger charge is 2.11. The fourth-order valence-corrected chi connectivity index (χ4v) is 2.95. The number of benzene rings is 1. The van der Waals surface area contributed by atoms with Crippen LogP contribution in [0.15, 0.2) is 23.6 Å². The molecule has 134 valence electrons. The summed E-state index contributed by atoms with van der Waals surface area (Å²) < 4.78 is 10.3. The standard InChI is InChI=1S/C18H22N2O4S/c1-4-24-17(22)8-15-11-25-18(19-15)20-16(21)10-23-9-14-6-5-12(2)7-13(14)3/h5-7,11H,4,8-10H2,1-3H3,(H,19,20,21). The first kappa shape index (κ1) is 19.1. The van der Waals surface area contributed by atoms with Crippen molar-refractivity contribution < 1.29 is 19.1 Å². The third-order valence-corrected chi connectivity index (χ3v) is 4.22. The summed E-state index contributed by atoms with van der Waals surface area (Å²) in [6, 6.07) is 6.11. The van der Waals surface area contributed by atoms with Gasteiger partial charge in [0.2, 0.25) is 0 Å². The highest BCUT2D eigenvalue weighted by atomic mass is 32.1. The minimum absolute atomic E-state index is 0.0555. The van der Waals surface area contributed by atoms with Gasteiger partial charge in [-0.25, -0.2) is 4.98 Å². The van der Waals surface area contributed by atoms with Gasteiger partial charge in [0, 0.05) is 5.38 Å². The molecule has 25 heavy (non-hydrogen) atoms. The van der Waals surface area contributed by atoms with Crippen molar-refractivity contribution in [2.24, 2.45) is 0 Å². The van der Waals surface area contributed by atoms with Crippen LogP contribution in [0.5, 0.6) is 0 Å². The maximum absolute atomic E-state index is 11.9. The third-order valence-electron chi connectivity index (χ3n) is 3.42. The molecule has 6 nitrogen and oxygen atoms in total. The topological polar surface area (TPSA) is 77.5 Å². The zero-order valence-corrected chi connectivity index (χ0v) is 15.4. The molecule has 0 unspecified atom stereocenters. The molecule has 0 saturated carbocycles. The number of esters is 1. The van der Waals surface area contributed by atoms with Crippen LogP contribution < -0.4 is 5.32 Å². The number of hydrogen-bond acceptors (Lipinski definition) is 6. The molecule has 1 aromatic carbocycles. The van der Waals surface area contributed by atoms with E-state index in [1.165, 1.54) is 16.9 Å². The predicted molar refractivity (Wildman–Crippen MR) is 96.7 cm³/mol. The molecule has 0 aliphatic carbocycles. The minimum atomic E-state index is -0.331. The normalized spacial score (nSPS) is 10.5. The first-order valence-corrected chi connectivity index (χ1v) is 8.89.